The highest BCUT2D eigenvalue weighted by Gasteiger charge is 2.30. The molecule has 0 N–H and O–H groups in total. The monoisotopic (exact) mass is 349 g/mol. The van der Waals surface area contributed by atoms with Crippen molar-refractivity contribution in [1.29, 1.82) is 0 Å². The summed E-state index contributed by atoms with van der Waals surface area (Å²) in [4.78, 5) is 2.22. The third kappa shape index (κ3) is 3.52. The number of likely N-dealkylation sites (N-methyl/N-ethyl adjacent to an activating group) is 1. The summed E-state index contributed by atoms with van der Waals surface area (Å²) in [6.07, 6.45) is -1.50. The van der Waals surface area contributed by atoms with Crippen LogP contribution >= 0.6 is 0 Å². The number of fused-ring (bicyclic) bond motifs is 1. The molecule has 0 bridgehead atoms. The van der Waals surface area contributed by atoms with Crippen LogP contribution < -0.4 is 4.74 Å². The van der Waals surface area contributed by atoms with Gasteiger partial charge in [0, 0.05) is 6.04 Å². The number of benzene rings is 2. The van der Waals surface area contributed by atoms with Crippen LogP contribution in [0.5, 0.6) is 5.75 Å². The highest BCUT2D eigenvalue weighted by molar-refractivity contribution is 5.71. The average Bonchev–Trinajstić information content (AvgIpc) is 2.59. The maximum Gasteiger partial charge on any atom is 0.416 e. The van der Waals surface area contributed by atoms with Crippen molar-refractivity contribution in [3.05, 3.63) is 53.1 Å². The molecule has 2 aromatic carbocycles. The van der Waals surface area contributed by atoms with E-state index in [4.69, 9.17) is 4.74 Å². The second-order valence-corrected chi connectivity index (χ2v) is 6.71. The zero-order chi connectivity index (χ0) is 18.2. The van der Waals surface area contributed by atoms with Crippen LogP contribution in [-0.4, -0.2) is 32.1 Å². The van der Waals surface area contributed by atoms with Crippen molar-refractivity contribution < 1.29 is 17.9 Å². The third-order valence-corrected chi connectivity index (χ3v) is 5.03. The molecule has 0 saturated heterocycles. The summed E-state index contributed by atoms with van der Waals surface area (Å²) in [7, 11) is 5.80. The Balaban J connectivity index is 2.02. The van der Waals surface area contributed by atoms with Gasteiger partial charge in [0.05, 0.1) is 12.7 Å². The Hall–Kier alpha value is -2.01. The van der Waals surface area contributed by atoms with Gasteiger partial charge in [0.1, 0.15) is 5.75 Å². The Bertz CT molecular complexity index is 751. The summed E-state index contributed by atoms with van der Waals surface area (Å²) in [5.74, 6) is 0.859. The van der Waals surface area contributed by atoms with E-state index in [-0.39, 0.29) is 0 Å². The largest absolute Gasteiger partial charge is 0.496 e. The van der Waals surface area contributed by atoms with Crippen molar-refractivity contribution in [3.63, 3.8) is 0 Å². The Morgan fingerprint density at radius 2 is 1.68 bits per heavy atom. The molecule has 1 aliphatic rings. The second kappa shape index (κ2) is 6.71. The quantitative estimate of drug-likeness (QED) is 0.789. The smallest absolute Gasteiger partial charge is 0.416 e. The minimum atomic E-state index is -4.31. The molecule has 0 aliphatic heterocycles. The fourth-order valence-electron chi connectivity index (χ4n) is 3.57. The maximum absolute atomic E-state index is 12.8. The fourth-order valence-corrected chi connectivity index (χ4v) is 3.57. The molecule has 2 nitrogen and oxygen atoms in total. The molecule has 0 saturated carbocycles. The van der Waals surface area contributed by atoms with E-state index in [1.165, 1.54) is 11.1 Å². The molecule has 1 atom stereocenters. The third-order valence-electron chi connectivity index (χ3n) is 5.03. The van der Waals surface area contributed by atoms with Gasteiger partial charge in [-0.1, -0.05) is 18.2 Å². The lowest BCUT2D eigenvalue weighted by molar-refractivity contribution is -0.137. The topological polar surface area (TPSA) is 12.5 Å². The molecule has 0 amide bonds. The number of hydrogen-bond donors (Lipinski definition) is 0. The second-order valence-electron chi connectivity index (χ2n) is 6.71. The predicted octanol–water partition coefficient (Wildman–Crippen LogP) is 4.80. The van der Waals surface area contributed by atoms with Crippen LogP contribution in [0.2, 0.25) is 0 Å². The van der Waals surface area contributed by atoms with Gasteiger partial charge in [-0.3, -0.25) is 0 Å². The first kappa shape index (κ1) is 17.8. The summed E-state index contributed by atoms with van der Waals surface area (Å²) >= 11 is 0. The van der Waals surface area contributed by atoms with E-state index in [2.05, 4.69) is 19.0 Å². The molecule has 0 spiro atoms. The van der Waals surface area contributed by atoms with Crippen molar-refractivity contribution in [2.24, 2.45) is 0 Å². The molecule has 0 radical (unpaired) electrons. The molecule has 0 fully saturated rings. The number of hydrogen-bond acceptors (Lipinski definition) is 2. The van der Waals surface area contributed by atoms with E-state index in [0.717, 1.165) is 48.3 Å². The van der Waals surface area contributed by atoms with Crippen LogP contribution in [0, 0.1) is 0 Å². The summed E-state index contributed by atoms with van der Waals surface area (Å²) < 4.78 is 43.9. The first-order valence-corrected chi connectivity index (χ1v) is 8.34. The highest BCUT2D eigenvalue weighted by Crippen LogP contribution is 2.38. The van der Waals surface area contributed by atoms with Gasteiger partial charge in [-0.2, -0.15) is 13.2 Å². The van der Waals surface area contributed by atoms with Gasteiger partial charge in [-0.05, 0) is 73.8 Å². The molecule has 5 heteroatoms. The number of halogens is 3. The van der Waals surface area contributed by atoms with Crippen LogP contribution in [-0.2, 0) is 19.0 Å². The first-order chi connectivity index (χ1) is 11.8. The molecular formula is C20H22F3NO. The lowest BCUT2D eigenvalue weighted by atomic mass is 9.82. The summed E-state index contributed by atoms with van der Waals surface area (Å²) in [6, 6.07) is 9.74. The zero-order valence-corrected chi connectivity index (χ0v) is 14.7. The normalized spacial score (nSPS) is 17.5. The number of methoxy groups -OCH3 is 1. The SMILES string of the molecule is COc1ccc(-c2ccc(C(F)(F)F)cc2)c2c1C[C@H](N(C)C)CC2. The van der Waals surface area contributed by atoms with Crippen LogP contribution in [0.3, 0.4) is 0 Å². The number of ether oxygens (including phenoxy) is 1. The molecule has 25 heavy (non-hydrogen) atoms. The van der Waals surface area contributed by atoms with Crippen LogP contribution in [0.25, 0.3) is 11.1 Å². The molecule has 0 heterocycles. The van der Waals surface area contributed by atoms with E-state index >= 15 is 0 Å². The lowest BCUT2D eigenvalue weighted by Gasteiger charge is -2.32. The van der Waals surface area contributed by atoms with Crippen molar-refractivity contribution in [2.45, 2.75) is 31.5 Å². The Kier molecular flexibility index (Phi) is 4.78. The minimum Gasteiger partial charge on any atom is -0.496 e. The van der Waals surface area contributed by atoms with Crippen molar-refractivity contribution in [3.8, 4) is 16.9 Å². The van der Waals surface area contributed by atoms with Gasteiger partial charge in [-0.25, -0.2) is 0 Å². The van der Waals surface area contributed by atoms with Gasteiger partial charge >= 0.3 is 6.18 Å². The van der Waals surface area contributed by atoms with Crippen molar-refractivity contribution >= 4 is 0 Å². The van der Waals surface area contributed by atoms with Crippen LogP contribution in [0.15, 0.2) is 36.4 Å². The maximum atomic E-state index is 12.8. The van der Waals surface area contributed by atoms with E-state index < -0.39 is 11.7 Å². The van der Waals surface area contributed by atoms with Crippen molar-refractivity contribution in [1.82, 2.24) is 4.90 Å². The molecular weight excluding hydrogens is 327 g/mol. The van der Waals surface area contributed by atoms with Gasteiger partial charge < -0.3 is 9.64 Å². The fraction of sp³-hybridized carbons (Fsp3) is 0.400. The predicted molar refractivity (Wildman–Crippen MR) is 92.9 cm³/mol. The molecule has 2 aromatic rings. The van der Waals surface area contributed by atoms with Gasteiger partial charge in [0.2, 0.25) is 0 Å². The Morgan fingerprint density at radius 1 is 1.00 bits per heavy atom. The molecule has 0 aromatic heterocycles. The number of alkyl halides is 3. The molecule has 3 rings (SSSR count). The van der Waals surface area contributed by atoms with Crippen LogP contribution in [0.1, 0.15) is 23.1 Å². The summed E-state index contributed by atoms with van der Waals surface area (Å²) in [5.41, 5.74) is 3.56. The van der Waals surface area contributed by atoms with Gasteiger partial charge in [0.25, 0.3) is 0 Å². The molecule has 134 valence electrons. The number of nitrogens with zero attached hydrogens (tertiary/aromatic N) is 1. The Labute approximate surface area is 146 Å². The highest BCUT2D eigenvalue weighted by atomic mass is 19.4. The van der Waals surface area contributed by atoms with Crippen LogP contribution in [0.4, 0.5) is 13.2 Å². The van der Waals surface area contributed by atoms with E-state index in [1.54, 1.807) is 19.2 Å². The van der Waals surface area contributed by atoms with Crippen molar-refractivity contribution in [2.75, 3.05) is 21.2 Å². The zero-order valence-electron chi connectivity index (χ0n) is 14.7. The summed E-state index contributed by atoms with van der Waals surface area (Å²) in [5, 5.41) is 0. The minimum absolute atomic E-state index is 0.448. The number of rotatable bonds is 3. The van der Waals surface area contributed by atoms with Gasteiger partial charge in [-0.15, -0.1) is 0 Å². The average molecular weight is 349 g/mol. The van der Waals surface area contributed by atoms with Gasteiger partial charge in [0.15, 0.2) is 0 Å². The van der Waals surface area contributed by atoms with E-state index in [1.807, 2.05) is 12.1 Å². The lowest BCUT2D eigenvalue weighted by Crippen LogP contribution is -2.33. The van der Waals surface area contributed by atoms with E-state index in [9.17, 15) is 13.2 Å². The molecule has 1 aliphatic carbocycles. The molecule has 0 unspecified atom stereocenters. The summed E-state index contributed by atoms with van der Waals surface area (Å²) in [6.45, 7) is 0. The first-order valence-electron chi connectivity index (χ1n) is 8.34. The Morgan fingerprint density at radius 3 is 2.24 bits per heavy atom. The van der Waals surface area contributed by atoms with E-state index in [0.29, 0.717) is 6.04 Å². The standard InChI is InChI=1S/C20H22F3NO/c1-24(2)15-8-9-17-16(10-11-19(25-3)18(17)12-15)13-4-6-14(7-5-13)20(21,22)23/h4-7,10-11,15H,8-9,12H2,1-3H3/t15-/m1/s1.